The Kier molecular flexibility index (Phi) is 8.98. The standard InChI is InChI=1S/C37H51N3/c1-7-29-17-18-32(23-26(29)2)31-15-13-28(14-16-31)25-40(27(3)30-11-9-8-10-12-30)36-24-33(21-22-38-36)34-19-20-35(39-34)37(4,5)6/h17-19,21-24,28,30-31H,3,7-16,20,25H2,1-2,4-6H3. The van der Waals surface area contributed by atoms with E-state index in [1.165, 1.54) is 85.9 Å². The van der Waals surface area contributed by atoms with Crippen LogP contribution in [0, 0.1) is 24.2 Å². The Morgan fingerprint density at radius 2 is 1.73 bits per heavy atom. The summed E-state index contributed by atoms with van der Waals surface area (Å²) >= 11 is 0. The molecule has 214 valence electrons. The number of pyridine rings is 1. The van der Waals surface area contributed by atoms with E-state index in [0.29, 0.717) is 17.8 Å². The quantitative estimate of drug-likeness (QED) is 0.335. The first kappa shape index (κ1) is 28.8. The molecule has 2 heterocycles. The molecule has 3 heteroatoms. The largest absolute Gasteiger partial charge is 0.330 e. The highest BCUT2D eigenvalue weighted by Gasteiger charge is 2.29. The van der Waals surface area contributed by atoms with Gasteiger partial charge in [0, 0.05) is 41.5 Å². The van der Waals surface area contributed by atoms with Crippen LogP contribution in [-0.2, 0) is 6.42 Å². The fourth-order valence-electron chi connectivity index (χ4n) is 7.13. The van der Waals surface area contributed by atoms with Crippen LogP contribution in [-0.4, -0.2) is 17.2 Å². The van der Waals surface area contributed by atoms with Crippen LogP contribution in [0.15, 0.2) is 59.9 Å². The van der Waals surface area contributed by atoms with Gasteiger partial charge in [0.15, 0.2) is 0 Å². The molecule has 2 saturated carbocycles. The smallest absolute Gasteiger partial charge is 0.133 e. The lowest BCUT2D eigenvalue weighted by Gasteiger charge is -2.37. The molecule has 0 saturated heterocycles. The molecule has 3 nitrogen and oxygen atoms in total. The van der Waals surface area contributed by atoms with Crippen LogP contribution in [0.25, 0.3) is 5.70 Å². The van der Waals surface area contributed by atoms with E-state index in [2.05, 4.69) is 75.9 Å². The number of benzene rings is 1. The number of aryl methyl sites for hydroxylation is 2. The number of anilines is 1. The van der Waals surface area contributed by atoms with Crippen LogP contribution in [0.5, 0.6) is 0 Å². The molecule has 2 fully saturated rings. The SMILES string of the molecule is C=C(C1CCCCC1)N(CC1CCC(c2ccc(CC)c(C)c2)CC1)c1cc(C2=CCC(C(C)(C)C)=N2)ccn1. The molecule has 0 atom stereocenters. The van der Waals surface area contributed by atoms with Crippen LogP contribution in [0.3, 0.4) is 0 Å². The van der Waals surface area contributed by atoms with E-state index in [1.54, 1.807) is 5.56 Å². The predicted octanol–water partition coefficient (Wildman–Crippen LogP) is 10.1. The number of hydrogen-bond donors (Lipinski definition) is 0. The van der Waals surface area contributed by atoms with Crippen LogP contribution >= 0.6 is 0 Å². The van der Waals surface area contributed by atoms with E-state index in [4.69, 9.17) is 16.6 Å². The Bertz CT molecular complexity index is 1250. The van der Waals surface area contributed by atoms with Crippen molar-refractivity contribution in [3.05, 3.63) is 77.1 Å². The molecule has 0 bridgehead atoms. The third kappa shape index (κ3) is 6.61. The molecule has 0 spiro atoms. The second-order valence-corrected chi connectivity index (χ2v) is 13.7. The van der Waals surface area contributed by atoms with E-state index in [9.17, 15) is 0 Å². The maximum atomic E-state index is 5.04. The van der Waals surface area contributed by atoms with Gasteiger partial charge < -0.3 is 4.90 Å². The van der Waals surface area contributed by atoms with Gasteiger partial charge in [-0.25, -0.2) is 4.98 Å². The van der Waals surface area contributed by atoms with E-state index >= 15 is 0 Å². The first-order chi connectivity index (χ1) is 19.2. The first-order valence-corrected chi connectivity index (χ1v) is 16.0. The second kappa shape index (κ2) is 12.5. The minimum Gasteiger partial charge on any atom is -0.330 e. The zero-order chi connectivity index (χ0) is 28.3. The second-order valence-electron chi connectivity index (χ2n) is 13.7. The van der Waals surface area contributed by atoms with Gasteiger partial charge in [-0.2, -0.15) is 0 Å². The van der Waals surface area contributed by atoms with E-state index in [-0.39, 0.29) is 5.41 Å². The normalized spacial score (nSPS) is 22.1. The highest BCUT2D eigenvalue weighted by Crippen LogP contribution is 2.40. The summed E-state index contributed by atoms with van der Waals surface area (Å²) in [5.41, 5.74) is 9.42. The van der Waals surface area contributed by atoms with E-state index in [0.717, 1.165) is 30.9 Å². The molecule has 2 aliphatic carbocycles. The lowest BCUT2D eigenvalue weighted by atomic mass is 9.77. The van der Waals surface area contributed by atoms with Crippen LogP contribution in [0.4, 0.5) is 5.82 Å². The van der Waals surface area contributed by atoms with Crippen molar-refractivity contribution in [3.8, 4) is 0 Å². The Balaban J connectivity index is 1.33. The summed E-state index contributed by atoms with van der Waals surface area (Å²) in [7, 11) is 0. The molecule has 1 aromatic heterocycles. The van der Waals surface area contributed by atoms with Crippen molar-refractivity contribution in [2.45, 2.75) is 111 Å². The molecule has 0 unspecified atom stereocenters. The first-order valence-electron chi connectivity index (χ1n) is 16.0. The van der Waals surface area contributed by atoms with Gasteiger partial charge >= 0.3 is 0 Å². The van der Waals surface area contributed by atoms with Crippen molar-refractivity contribution in [2.24, 2.45) is 22.2 Å². The molecular weight excluding hydrogens is 486 g/mol. The highest BCUT2D eigenvalue weighted by molar-refractivity contribution is 5.99. The Morgan fingerprint density at radius 3 is 2.38 bits per heavy atom. The maximum Gasteiger partial charge on any atom is 0.133 e. The molecular formula is C37H51N3. The molecule has 3 aliphatic rings. The monoisotopic (exact) mass is 537 g/mol. The third-order valence-electron chi connectivity index (χ3n) is 9.86. The minimum atomic E-state index is 0.102. The van der Waals surface area contributed by atoms with Crippen molar-refractivity contribution in [1.29, 1.82) is 0 Å². The summed E-state index contributed by atoms with van der Waals surface area (Å²) in [5.74, 6) is 3.00. The van der Waals surface area contributed by atoms with Gasteiger partial charge in [-0.3, -0.25) is 4.99 Å². The number of rotatable bonds is 8. The molecule has 2 aromatic rings. The summed E-state index contributed by atoms with van der Waals surface area (Å²) in [6, 6.07) is 11.6. The lowest BCUT2D eigenvalue weighted by Crippen LogP contribution is -2.34. The van der Waals surface area contributed by atoms with Gasteiger partial charge in [0.1, 0.15) is 5.82 Å². The minimum absolute atomic E-state index is 0.102. The number of hydrogen-bond acceptors (Lipinski definition) is 3. The number of allylic oxidation sites excluding steroid dienone is 2. The summed E-state index contributed by atoms with van der Waals surface area (Å²) in [6.07, 6.45) is 18.0. The van der Waals surface area contributed by atoms with Gasteiger partial charge in [-0.1, -0.05) is 77.8 Å². The zero-order valence-electron chi connectivity index (χ0n) is 25.8. The summed E-state index contributed by atoms with van der Waals surface area (Å²) in [6.45, 7) is 17.1. The fraction of sp³-hybridized carbons (Fsp3) is 0.568. The zero-order valence-corrected chi connectivity index (χ0v) is 25.8. The van der Waals surface area contributed by atoms with Gasteiger partial charge in [-0.05, 0) is 98.4 Å². The van der Waals surface area contributed by atoms with Gasteiger partial charge in [0.2, 0.25) is 0 Å². The third-order valence-corrected chi connectivity index (χ3v) is 9.86. The Hall–Kier alpha value is -2.68. The molecule has 0 radical (unpaired) electrons. The van der Waals surface area contributed by atoms with E-state index < -0.39 is 0 Å². The summed E-state index contributed by atoms with van der Waals surface area (Å²) < 4.78 is 0. The van der Waals surface area contributed by atoms with Gasteiger partial charge in [0.25, 0.3) is 0 Å². The van der Waals surface area contributed by atoms with Crippen LogP contribution in [0.2, 0.25) is 0 Å². The van der Waals surface area contributed by atoms with Gasteiger partial charge in [0.05, 0.1) is 5.70 Å². The van der Waals surface area contributed by atoms with Crippen LogP contribution < -0.4 is 4.90 Å². The predicted molar refractivity (Wildman–Crippen MR) is 172 cm³/mol. The number of nitrogens with zero attached hydrogens (tertiary/aromatic N) is 3. The highest BCUT2D eigenvalue weighted by atomic mass is 15.2. The van der Waals surface area contributed by atoms with E-state index in [1.807, 2.05) is 6.20 Å². The Labute approximate surface area is 243 Å². The molecule has 1 aromatic carbocycles. The van der Waals surface area contributed by atoms with Gasteiger partial charge in [-0.15, -0.1) is 0 Å². The molecule has 40 heavy (non-hydrogen) atoms. The molecule has 0 N–H and O–H groups in total. The maximum absolute atomic E-state index is 5.04. The van der Waals surface area contributed by atoms with Crippen molar-refractivity contribution in [2.75, 3.05) is 11.4 Å². The fourth-order valence-corrected chi connectivity index (χ4v) is 7.13. The average Bonchev–Trinajstić information content (AvgIpc) is 3.48. The lowest BCUT2D eigenvalue weighted by molar-refractivity contribution is 0.323. The average molecular weight is 538 g/mol. The van der Waals surface area contributed by atoms with Crippen molar-refractivity contribution < 1.29 is 0 Å². The van der Waals surface area contributed by atoms with Crippen molar-refractivity contribution in [1.82, 2.24) is 4.98 Å². The Morgan fingerprint density at radius 1 is 0.975 bits per heavy atom. The summed E-state index contributed by atoms with van der Waals surface area (Å²) in [4.78, 5) is 12.5. The van der Waals surface area contributed by atoms with Crippen molar-refractivity contribution >= 4 is 17.2 Å². The molecule has 0 amide bonds. The number of aromatic nitrogens is 1. The van der Waals surface area contributed by atoms with Crippen LogP contribution in [0.1, 0.15) is 120 Å². The topological polar surface area (TPSA) is 28.5 Å². The number of aliphatic imine (C=N–C) groups is 1. The van der Waals surface area contributed by atoms with Crippen molar-refractivity contribution in [3.63, 3.8) is 0 Å². The molecule has 5 rings (SSSR count). The molecule has 1 aliphatic heterocycles. The summed E-state index contributed by atoms with van der Waals surface area (Å²) in [5, 5.41) is 0.